The number of hydrogen-bond donors (Lipinski definition) is 4. The number of phenolic OH excluding ortho intramolecular Hbond substituents is 1. The van der Waals surface area contributed by atoms with Crippen LogP contribution in [0.3, 0.4) is 0 Å². The van der Waals surface area contributed by atoms with Crippen molar-refractivity contribution in [2.45, 2.75) is 18.6 Å². The van der Waals surface area contributed by atoms with Crippen molar-refractivity contribution in [3.05, 3.63) is 22.7 Å². The molecule has 0 radical (unpaired) electrons. The molecule has 5 nitrogen and oxygen atoms in total. The van der Waals surface area contributed by atoms with E-state index in [2.05, 4.69) is 26.6 Å². The van der Waals surface area contributed by atoms with Crippen LogP contribution in [0.25, 0.3) is 0 Å². The second-order valence-electron chi connectivity index (χ2n) is 4.00. The van der Waals surface area contributed by atoms with Crippen LogP contribution in [0.15, 0.2) is 22.7 Å². The number of halogens is 1. The van der Waals surface area contributed by atoms with Crippen molar-refractivity contribution in [2.24, 2.45) is 0 Å². The van der Waals surface area contributed by atoms with Crippen LogP contribution in [-0.2, 0) is 4.79 Å². The molecule has 17 heavy (non-hydrogen) atoms. The molecule has 4 N–H and O–H groups in total. The molecular weight excluding hydrogens is 288 g/mol. The molecule has 6 heteroatoms. The second kappa shape index (κ2) is 5.03. The SMILES string of the molecule is O=C(Nc1cc(Br)ccc1O)C1CC(O)CN1. The van der Waals surface area contributed by atoms with Gasteiger partial charge in [0.2, 0.25) is 5.91 Å². The predicted molar refractivity (Wildman–Crippen MR) is 66.9 cm³/mol. The molecule has 1 saturated heterocycles. The number of aliphatic hydroxyl groups excluding tert-OH is 1. The summed E-state index contributed by atoms with van der Waals surface area (Å²) in [5, 5.41) is 24.4. The van der Waals surface area contributed by atoms with E-state index in [1.165, 1.54) is 6.07 Å². The van der Waals surface area contributed by atoms with E-state index >= 15 is 0 Å². The Labute approximate surface area is 107 Å². The number of aliphatic hydroxyl groups is 1. The highest BCUT2D eigenvalue weighted by Gasteiger charge is 2.28. The first-order valence-corrected chi connectivity index (χ1v) is 6.06. The van der Waals surface area contributed by atoms with E-state index < -0.39 is 12.1 Å². The van der Waals surface area contributed by atoms with Crippen molar-refractivity contribution >= 4 is 27.5 Å². The summed E-state index contributed by atoms with van der Waals surface area (Å²) < 4.78 is 0.769. The molecule has 1 aliphatic rings. The van der Waals surface area contributed by atoms with Gasteiger partial charge in [0.1, 0.15) is 5.75 Å². The zero-order valence-electron chi connectivity index (χ0n) is 8.98. The summed E-state index contributed by atoms with van der Waals surface area (Å²) >= 11 is 3.26. The maximum Gasteiger partial charge on any atom is 0.241 e. The van der Waals surface area contributed by atoms with Crippen LogP contribution in [0.1, 0.15) is 6.42 Å². The first kappa shape index (κ1) is 12.3. The molecule has 2 atom stereocenters. The van der Waals surface area contributed by atoms with Crippen LogP contribution < -0.4 is 10.6 Å². The molecule has 0 aliphatic carbocycles. The van der Waals surface area contributed by atoms with Gasteiger partial charge in [-0.25, -0.2) is 0 Å². The van der Waals surface area contributed by atoms with E-state index in [1.807, 2.05) is 0 Å². The molecule has 92 valence electrons. The van der Waals surface area contributed by atoms with Crippen LogP contribution in [0, 0.1) is 0 Å². The van der Waals surface area contributed by atoms with Crippen molar-refractivity contribution in [3.8, 4) is 5.75 Å². The summed E-state index contributed by atoms with van der Waals surface area (Å²) in [6.45, 7) is 0.419. The number of carbonyl (C=O) groups is 1. The number of phenols is 1. The molecule has 0 saturated carbocycles. The molecule has 1 amide bonds. The van der Waals surface area contributed by atoms with E-state index in [9.17, 15) is 15.0 Å². The molecule has 2 unspecified atom stereocenters. The molecule has 1 aliphatic heterocycles. The number of hydrogen-bond acceptors (Lipinski definition) is 4. The zero-order valence-corrected chi connectivity index (χ0v) is 10.6. The summed E-state index contributed by atoms with van der Waals surface area (Å²) in [5.41, 5.74) is 0.354. The summed E-state index contributed by atoms with van der Waals surface area (Å²) in [6.07, 6.45) is -0.0949. The molecule has 1 aromatic rings. The molecule has 0 aromatic heterocycles. The molecule has 0 bridgehead atoms. The van der Waals surface area contributed by atoms with Crippen molar-refractivity contribution in [1.82, 2.24) is 5.32 Å². The molecule has 0 spiro atoms. The Morgan fingerprint density at radius 1 is 1.53 bits per heavy atom. The molecule has 1 aromatic carbocycles. The minimum Gasteiger partial charge on any atom is -0.506 e. The van der Waals surface area contributed by atoms with E-state index in [0.717, 1.165) is 4.47 Å². The number of rotatable bonds is 2. The quantitative estimate of drug-likeness (QED) is 0.610. The fourth-order valence-corrected chi connectivity index (χ4v) is 2.11. The minimum absolute atomic E-state index is 0.0140. The lowest BCUT2D eigenvalue weighted by Crippen LogP contribution is -2.35. The van der Waals surface area contributed by atoms with Gasteiger partial charge in [-0.2, -0.15) is 0 Å². The number of carbonyl (C=O) groups excluding carboxylic acids is 1. The summed E-state index contributed by atoms with van der Waals surface area (Å²) in [6, 6.07) is 4.39. The number of amides is 1. The van der Waals surface area contributed by atoms with Gasteiger partial charge >= 0.3 is 0 Å². The Bertz CT molecular complexity index is 439. The number of benzene rings is 1. The van der Waals surface area contributed by atoms with Gasteiger partial charge in [0.05, 0.1) is 17.8 Å². The molecule has 1 fully saturated rings. The van der Waals surface area contributed by atoms with Crippen molar-refractivity contribution < 1.29 is 15.0 Å². The van der Waals surface area contributed by atoms with Gasteiger partial charge < -0.3 is 20.8 Å². The van der Waals surface area contributed by atoms with E-state index in [4.69, 9.17) is 0 Å². The third-order valence-corrected chi connectivity index (χ3v) is 3.13. The average Bonchev–Trinajstić information content (AvgIpc) is 2.70. The van der Waals surface area contributed by atoms with Gasteiger partial charge in [-0.1, -0.05) is 15.9 Å². The highest BCUT2D eigenvalue weighted by molar-refractivity contribution is 9.10. The Morgan fingerprint density at radius 2 is 2.29 bits per heavy atom. The summed E-state index contributed by atoms with van der Waals surface area (Å²) in [5.74, 6) is -0.241. The molecule has 1 heterocycles. The summed E-state index contributed by atoms with van der Waals surface area (Å²) in [7, 11) is 0. The molecule has 2 rings (SSSR count). The van der Waals surface area contributed by atoms with Crippen molar-refractivity contribution in [3.63, 3.8) is 0 Å². The van der Waals surface area contributed by atoms with Crippen LogP contribution in [0.4, 0.5) is 5.69 Å². The lowest BCUT2D eigenvalue weighted by Gasteiger charge is -2.12. The van der Waals surface area contributed by atoms with Crippen molar-refractivity contribution in [2.75, 3.05) is 11.9 Å². The Balaban J connectivity index is 2.05. The number of nitrogens with one attached hydrogen (secondary N) is 2. The Morgan fingerprint density at radius 3 is 2.94 bits per heavy atom. The summed E-state index contributed by atoms with van der Waals surface area (Å²) in [4.78, 5) is 11.8. The third-order valence-electron chi connectivity index (χ3n) is 2.64. The van der Waals surface area contributed by atoms with Crippen LogP contribution >= 0.6 is 15.9 Å². The van der Waals surface area contributed by atoms with E-state index in [-0.39, 0.29) is 11.7 Å². The van der Waals surface area contributed by atoms with Gasteiger partial charge in [-0.3, -0.25) is 4.79 Å². The predicted octanol–water partition coefficient (Wildman–Crippen LogP) is 0.816. The Hall–Kier alpha value is -1.11. The first-order chi connectivity index (χ1) is 8.06. The maximum absolute atomic E-state index is 11.8. The van der Waals surface area contributed by atoms with Gasteiger partial charge in [-0.15, -0.1) is 0 Å². The van der Waals surface area contributed by atoms with Crippen LogP contribution in [0.5, 0.6) is 5.75 Å². The number of aromatic hydroxyl groups is 1. The largest absolute Gasteiger partial charge is 0.506 e. The highest BCUT2D eigenvalue weighted by atomic mass is 79.9. The highest BCUT2D eigenvalue weighted by Crippen LogP contribution is 2.27. The van der Waals surface area contributed by atoms with Crippen LogP contribution in [-0.4, -0.2) is 34.8 Å². The number of anilines is 1. The van der Waals surface area contributed by atoms with E-state index in [1.54, 1.807) is 12.1 Å². The van der Waals surface area contributed by atoms with E-state index in [0.29, 0.717) is 18.7 Å². The fraction of sp³-hybridized carbons (Fsp3) is 0.364. The normalized spacial score (nSPS) is 23.6. The van der Waals surface area contributed by atoms with Crippen LogP contribution in [0.2, 0.25) is 0 Å². The minimum atomic E-state index is -0.484. The topological polar surface area (TPSA) is 81.6 Å². The average molecular weight is 301 g/mol. The lowest BCUT2D eigenvalue weighted by molar-refractivity contribution is -0.117. The second-order valence-corrected chi connectivity index (χ2v) is 4.92. The number of β-amino-alcohol motifs (C(OH)–C–C–N with tert-alkyl or cyclic N) is 1. The molecular formula is C11H13BrN2O3. The standard InChI is InChI=1S/C11H13BrN2O3/c12-6-1-2-10(16)8(3-6)14-11(17)9-4-7(15)5-13-9/h1-3,7,9,13,15-16H,4-5H2,(H,14,17). The van der Waals surface area contributed by atoms with Gasteiger partial charge in [-0.05, 0) is 24.6 Å². The lowest BCUT2D eigenvalue weighted by atomic mass is 10.2. The first-order valence-electron chi connectivity index (χ1n) is 5.27. The maximum atomic E-state index is 11.8. The van der Waals surface area contributed by atoms with Gasteiger partial charge in [0, 0.05) is 11.0 Å². The zero-order chi connectivity index (χ0) is 12.4. The smallest absolute Gasteiger partial charge is 0.241 e. The Kier molecular flexibility index (Phi) is 3.66. The van der Waals surface area contributed by atoms with Gasteiger partial charge in [0.25, 0.3) is 0 Å². The van der Waals surface area contributed by atoms with Gasteiger partial charge in [0.15, 0.2) is 0 Å². The monoisotopic (exact) mass is 300 g/mol. The third kappa shape index (κ3) is 2.96. The van der Waals surface area contributed by atoms with Crippen molar-refractivity contribution in [1.29, 1.82) is 0 Å². The fourth-order valence-electron chi connectivity index (χ4n) is 1.75.